The summed E-state index contributed by atoms with van der Waals surface area (Å²) in [6, 6.07) is 3.32. The van der Waals surface area contributed by atoms with Gasteiger partial charge < -0.3 is 0 Å². The summed E-state index contributed by atoms with van der Waals surface area (Å²) < 4.78 is 1.30. The van der Waals surface area contributed by atoms with E-state index >= 15 is 0 Å². The van der Waals surface area contributed by atoms with Crippen molar-refractivity contribution >= 4 is 5.84 Å². The number of nitrogens with zero attached hydrogens (tertiary/aromatic N) is 1. The van der Waals surface area contributed by atoms with Gasteiger partial charge in [-0.25, -0.2) is 0 Å². The fourth-order valence-corrected chi connectivity index (χ4v) is 0.855. The minimum absolute atomic E-state index is 0.141. The molecule has 3 nitrogen and oxygen atoms in total. The highest BCUT2D eigenvalue weighted by atomic mass is 16.1. The summed E-state index contributed by atoms with van der Waals surface area (Å²) in [4.78, 5) is 11.1. The van der Waals surface area contributed by atoms with Gasteiger partial charge in [-0.1, -0.05) is 0 Å². The minimum atomic E-state index is -0.141. The highest BCUT2D eigenvalue weighted by molar-refractivity contribution is 5.78. The molecule has 1 aromatic rings. The summed E-state index contributed by atoms with van der Waals surface area (Å²) in [7, 11) is 0. The molecule has 1 rings (SSSR count). The number of aromatic nitrogens is 1. The lowest BCUT2D eigenvalue weighted by Crippen LogP contribution is -2.23. The molecule has 0 saturated heterocycles. The Morgan fingerprint density at radius 3 is 2.73 bits per heavy atom. The average molecular weight is 150 g/mol. The van der Waals surface area contributed by atoms with Crippen molar-refractivity contribution in [1.82, 2.24) is 4.57 Å². The summed E-state index contributed by atoms with van der Waals surface area (Å²) in [6.45, 7) is 3.43. The number of pyridine rings is 1. The molecule has 0 aliphatic heterocycles. The van der Waals surface area contributed by atoms with Crippen LogP contribution in [-0.2, 0) is 0 Å². The van der Waals surface area contributed by atoms with Gasteiger partial charge in [0.15, 0.2) is 0 Å². The molecule has 0 atom stereocenters. The number of hydrogen-bond donors (Lipinski definition) is 1. The average Bonchev–Trinajstić information content (AvgIpc) is 1.85. The van der Waals surface area contributed by atoms with Crippen molar-refractivity contribution < 1.29 is 0 Å². The molecule has 58 valence electrons. The lowest BCUT2D eigenvalue weighted by Gasteiger charge is -2.00. The molecular weight excluding hydrogens is 140 g/mol. The van der Waals surface area contributed by atoms with Crippen LogP contribution in [0.1, 0.15) is 12.5 Å². The van der Waals surface area contributed by atoms with E-state index in [2.05, 4.69) is 0 Å². The molecule has 1 aromatic heterocycles. The van der Waals surface area contributed by atoms with Gasteiger partial charge in [0.1, 0.15) is 5.84 Å². The molecule has 1 N–H and O–H groups in total. The Labute approximate surface area is 64.8 Å². The molecule has 0 amide bonds. The summed E-state index contributed by atoms with van der Waals surface area (Å²) in [6.07, 6.45) is 1.61. The highest BCUT2D eigenvalue weighted by Gasteiger charge is 1.95. The molecule has 0 saturated carbocycles. The van der Waals surface area contributed by atoms with Gasteiger partial charge in [-0.3, -0.25) is 14.8 Å². The monoisotopic (exact) mass is 150 g/mol. The smallest absolute Gasteiger partial charge is 0.256 e. The molecule has 11 heavy (non-hydrogen) atoms. The van der Waals surface area contributed by atoms with Crippen LogP contribution in [0.15, 0.2) is 23.1 Å². The predicted octanol–water partition coefficient (Wildman–Crippen LogP) is 1.00. The summed E-state index contributed by atoms with van der Waals surface area (Å²) in [5.74, 6) is 0.245. The Bertz CT molecular complexity index is 338. The van der Waals surface area contributed by atoms with E-state index in [0.29, 0.717) is 0 Å². The van der Waals surface area contributed by atoms with Crippen LogP contribution < -0.4 is 5.56 Å². The Morgan fingerprint density at radius 2 is 2.27 bits per heavy atom. The van der Waals surface area contributed by atoms with E-state index < -0.39 is 0 Å². The van der Waals surface area contributed by atoms with Crippen LogP contribution in [0, 0.1) is 12.3 Å². The fraction of sp³-hybridized carbons (Fsp3) is 0.250. The second-order valence-corrected chi connectivity index (χ2v) is 2.50. The molecule has 1 heterocycles. The Hall–Kier alpha value is -1.38. The summed E-state index contributed by atoms with van der Waals surface area (Å²) in [5, 5.41) is 7.21. The zero-order valence-corrected chi connectivity index (χ0v) is 6.59. The van der Waals surface area contributed by atoms with Gasteiger partial charge in [0.2, 0.25) is 0 Å². The second-order valence-electron chi connectivity index (χ2n) is 2.50. The van der Waals surface area contributed by atoms with E-state index in [1.54, 1.807) is 19.2 Å². The van der Waals surface area contributed by atoms with Crippen LogP contribution in [0.5, 0.6) is 0 Å². The standard InChI is InChI=1S/C8H10N2O/c1-6-3-4-10(7(2)9)8(11)5-6/h3-5,9H,1-2H3. The Morgan fingerprint density at radius 1 is 1.64 bits per heavy atom. The molecular formula is C8H10N2O. The largest absolute Gasteiger partial charge is 0.288 e. The van der Waals surface area contributed by atoms with Gasteiger partial charge in [-0.15, -0.1) is 0 Å². The lowest BCUT2D eigenvalue weighted by molar-refractivity contribution is 1.02. The third-order valence-electron chi connectivity index (χ3n) is 1.44. The van der Waals surface area contributed by atoms with Crippen molar-refractivity contribution in [2.45, 2.75) is 13.8 Å². The SMILES string of the molecule is CC(=N)n1ccc(C)cc1=O. The molecule has 3 heteroatoms. The topological polar surface area (TPSA) is 45.9 Å². The minimum Gasteiger partial charge on any atom is -0.288 e. The fourth-order valence-electron chi connectivity index (χ4n) is 0.855. The van der Waals surface area contributed by atoms with Crippen molar-refractivity contribution in [3.05, 3.63) is 34.2 Å². The van der Waals surface area contributed by atoms with Crippen LogP contribution in [0.2, 0.25) is 0 Å². The van der Waals surface area contributed by atoms with Crippen LogP contribution in [0.4, 0.5) is 0 Å². The number of rotatable bonds is 0. The van der Waals surface area contributed by atoms with E-state index in [9.17, 15) is 4.79 Å². The van der Waals surface area contributed by atoms with Crippen LogP contribution in [0.3, 0.4) is 0 Å². The van der Waals surface area contributed by atoms with Gasteiger partial charge in [0, 0.05) is 12.3 Å². The normalized spacial score (nSPS) is 9.64. The van der Waals surface area contributed by atoms with E-state index in [0.717, 1.165) is 5.56 Å². The maximum absolute atomic E-state index is 11.1. The van der Waals surface area contributed by atoms with Gasteiger partial charge in [-0.2, -0.15) is 0 Å². The third kappa shape index (κ3) is 1.55. The molecule has 0 bridgehead atoms. The molecule has 0 aliphatic rings. The van der Waals surface area contributed by atoms with Crippen molar-refractivity contribution in [1.29, 1.82) is 5.41 Å². The first kappa shape index (κ1) is 7.72. The second kappa shape index (κ2) is 2.70. The molecule has 0 unspecified atom stereocenters. The van der Waals surface area contributed by atoms with Crippen molar-refractivity contribution in [3.8, 4) is 0 Å². The highest BCUT2D eigenvalue weighted by Crippen LogP contribution is 1.89. The molecule has 0 fully saturated rings. The van der Waals surface area contributed by atoms with Crippen LogP contribution >= 0.6 is 0 Å². The van der Waals surface area contributed by atoms with E-state index in [-0.39, 0.29) is 11.4 Å². The first-order valence-electron chi connectivity index (χ1n) is 3.36. The maximum Gasteiger partial charge on any atom is 0.256 e. The summed E-state index contributed by atoms with van der Waals surface area (Å²) >= 11 is 0. The number of aryl methyl sites for hydroxylation is 1. The van der Waals surface area contributed by atoms with E-state index in [1.807, 2.05) is 6.92 Å². The maximum atomic E-state index is 11.1. The number of nitrogens with one attached hydrogen (secondary N) is 1. The summed E-state index contributed by atoms with van der Waals surface area (Å²) in [5.41, 5.74) is 0.782. The van der Waals surface area contributed by atoms with Crippen molar-refractivity contribution in [2.24, 2.45) is 0 Å². The predicted molar refractivity (Wildman–Crippen MR) is 44.2 cm³/mol. The lowest BCUT2D eigenvalue weighted by atomic mass is 10.3. The number of hydrogen-bond acceptors (Lipinski definition) is 2. The zero-order valence-electron chi connectivity index (χ0n) is 6.59. The van der Waals surface area contributed by atoms with Gasteiger partial charge in [0.25, 0.3) is 5.56 Å². The molecule has 0 spiro atoms. The van der Waals surface area contributed by atoms with Gasteiger partial charge in [-0.05, 0) is 25.5 Å². The van der Waals surface area contributed by atoms with Gasteiger partial charge in [0.05, 0.1) is 0 Å². The quantitative estimate of drug-likeness (QED) is 0.435. The first-order valence-corrected chi connectivity index (χ1v) is 3.36. The molecule has 0 radical (unpaired) electrons. The first-order chi connectivity index (χ1) is 5.11. The van der Waals surface area contributed by atoms with Crippen molar-refractivity contribution in [2.75, 3.05) is 0 Å². The molecule has 0 aliphatic carbocycles. The molecule has 0 aromatic carbocycles. The van der Waals surface area contributed by atoms with Crippen LogP contribution in [0.25, 0.3) is 0 Å². The van der Waals surface area contributed by atoms with Crippen molar-refractivity contribution in [3.63, 3.8) is 0 Å². The Kier molecular flexibility index (Phi) is 1.89. The van der Waals surface area contributed by atoms with Gasteiger partial charge >= 0.3 is 0 Å². The Balaban J connectivity index is 3.32. The third-order valence-corrected chi connectivity index (χ3v) is 1.44. The zero-order chi connectivity index (χ0) is 8.43. The van der Waals surface area contributed by atoms with Crippen LogP contribution in [-0.4, -0.2) is 10.4 Å². The van der Waals surface area contributed by atoms with E-state index in [4.69, 9.17) is 5.41 Å². The van der Waals surface area contributed by atoms with E-state index in [1.165, 1.54) is 10.6 Å².